The molecule has 1 unspecified atom stereocenters. The zero-order chi connectivity index (χ0) is 10.6. The molecule has 2 heteroatoms. The van der Waals surface area contributed by atoms with Crippen LogP contribution in [0, 0.1) is 6.92 Å². The van der Waals surface area contributed by atoms with E-state index in [9.17, 15) is 0 Å². The van der Waals surface area contributed by atoms with Gasteiger partial charge in [0, 0.05) is 5.02 Å². The summed E-state index contributed by atoms with van der Waals surface area (Å²) in [7, 11) is 0. The van der Waals surface area contributed by atoms with Gasteiger partial charge in [0.05, 0.1) is 0 Å². The van der Waals surface area contributed by atoms with E-state index in [1.165, 1.54) is 0 Å². The van der Waals surface area contributed by atoms with Crippen LogP contribution in [0.2, 0.25) is 5.02 Å². The smallest absolute Gasteiger partial charge is 0.123 e. The highest BCUT2D eigenvalue weighted by Crippen LogP contribution is 2.22. The molecule has 14 heavy (non-hydrogen) atoms. The molecule has 0 heterocycles. The van der Waals surface area contributed by atoms with Crippen LogP contribution in [0.3, 0.4) is 0 Å². The fraction of sp³-hybridized carbons (Fsp3) is 0.333. The van der Waals surface area contributed by atoms with Crippen molar-refractivity contribution in [3.8, 4) is 5.75 Å². The van der Waals surface area contributed by atoms with Gasteiger partial charge < -0.3 is 4.74 Å². The van der Waals surface area contributed by atoms with Crippen LogP contribution in [0.25, 0.3) is 0 Å². The first-order valence-electron chi connectivity index (χ1n) is 4.69. The van der Waals surface area contributed by atoms with Crippen LogP contribution in [-0.4, -0.2) is 6.10 Å². The molecule has 0 amide bonds. The third-order valence-corrected chi connectivity index (χ3v) is 2.15. The predicted molar refractivity (Wildman–Crippen MR) is 61.1 cm³/mol. The maximum absolute atomic E-state index is 5.85. The molecule has 1 aromatic rings. The fourth-order valence-corrected chi connectivity index (χ4v) is 1.48. The Bertz CT molecular complexity index is 331. The second-order valence-electron chi connectivity index (χ2n) is 3.26. The highest BCUT2D eigenvalue weighted by molar-refractivity contribution is 6.30. The zero-order valence-electron chi connectivity index (χ0n) is 8.75. The summed E-state index contributed by atoms with van der Waals surface area (Å²) in [4.78, 5) is 0. The number of aryl methyl sites for hydroxylation is 1. The monoisotopic (exact) mass is 210 g/mol. The Morgan fingerprint density at radius 3 is 2.71 bits per heavy atom. The quantitative estimate of drug-likeness (QED) is 0.686. The van der Waals surface area contributed by atoms with E-state index < -0.39 is 0 Å². The molecule has 76 valence electrons. The molecule has 1 aromatic carbocycles. The van der Waals surface area contributed by atoms with Crippen LogP contribution >= 0.6 is 11.6 Å². The number of hydrogen-bond donors (Lipinski definition) is 0. The van der Waals surface area contributed by atoms with Crippen molar-refractivity contribution < 1.29 is 4.74 Å². The number of allylic oxidation sites excluding steroid dienone is 1. The molecule has 0 saturated heterocycles. The third-order valence-electron chi connectivity index (χ3n) is 1.91. The van der Waals surface area contributed by atoms with Crippen molar-refractivity contribution >= 4 is 11.6 Å². The number of hydrogen-bond acceptors (Lipinski definition) is 1. The van der Waals surface area contributed by atoms with E-state index in [4.69, 9.17) is 16.3 Å². The standard InChI is InChI=1S/C12H15ClO/c1-4-5-10(3)14-12-7-6-11(13)8-9(12)2/h4-8,10H,1-3H3/b5-4+. The van der Waals surface area contributed by atoms with E-state index in [1.807, 2.05) is 51.1 Å². The Kier molecular flexibility index (Phi) is 4.02. The van der Waals surface area contributed by atoms with Crippen molar-refractivity contribution in [3.63, 3.8) is 0 Å². The minimum absolute atomic E-state index is 0.0971. The summed E-state index contributed by atoms with van der Waals surface area (Å²) in [6.45, 7) is 5.98. The van der Waals surface area contributed by atoms with Crippen molar-refractivity contribution in [2.45, 2.75) is 26.9 Å². The molecule has 0 aliphatic rings. The number of halogens is 1. The van der Waals surface area contributed by atoms with Gasteiger partial charge in [0.1, 0.15) is 11.9 Å². The molecule has 1 rings (SSSR count). The highest BCUT2D eigenvalue weighted by atomic mass is 35.5. The molecule has 1 atom stereocenters. The van der Waals surface area contributed by atoms with Crippen LogP contribution < -0.4 is 4.74 Å². The highest BCUT2D eigenvalue weighted by Gasteiger charge is 2.03. The lowest BCUT2D eigenvalue weighted by Gasteiger charge is -2.13. The summed E-state index contributed by atoms with van der Waals surface area (Å²) < 4.78 is 5.70. The van der Waals surface area contributed by atoms with Crippen LogP contribution in [0.5, 0.6) is 5.75 Å². The summed E-state index contributed by atoms with van der Waals surface area (Å²) >= 11 is 5.85. The Morgan fingerprint density at radius 2 is 2.14 bits per heavy atom. The van der Waals surface area contributed by atoms with Crippen molar-refractivity contribution in [2.24, 2.45) is 0 Å². The van der Waals surface area contributed by atoms with Gasteiger partial charge in [-0.3, -0.25) is 0 Å². The molecule has 0 aliphatic carbocycles. The van der Waals surface area contributed by atoms with Crippen LogP contribution in [0.4, 0.5) is 0 Å². The Labute approximate surface area is 90.3 Å². The second-order valence-corrected chi connectivity index (χ2v) is 3.70. The Balaban J connectivity index is 2.76. The van der Waals surface area contributed by atoms with Gasteiger partial charge in [0.25, 0.3) is 0 Å². The number of rotatable bonds is 3. The second kappa shape index (κ2) is 5.06. The lowest BCUT2D eigenvalue weighted by atomic mass is 10.2. The van der Waals surface area contributed by atoms with Crippen molar-refractivity contribution in [3.05, 3.63) is 40.9 Å². The van der Waals surface area contributed by atoms with Gasteiger partial charge in [-0.2, -0.15) is 0 Å². The lowest BCUT2D eigenvalue weighted by Crippen LogP contribution is -2.08. The van der Waals surface area contributed by atoms with Gasteiger partial charge in [-0.15, -0.1) is 0 Å². The molecule has 0 spiro atoms. The molecule has 0 N–H and O–H groups in total. The first-order valence-corrected chi connectivity index (χ1v) is 5.07. The van der Waals surface area contributed by atoms with E-state index in [0.717, 1.165) is 16.3 Å². The van der Waals surface area contributed by atoms with E-state index in [2.05, 4.69) is 0 Å². The molecule has 0 saturated carbocycles. The SMILES string of the molecule is C/C=C/C(C)Oc1ccc(Cl)cc1C. The van der Waals surface area contributed by atoms with Crippen LogP contribution in [0.15, 0.2) is 30.4 Å². The molecule has 0 aromatic heterocycles. The summed E-state index contributed by atoms with van der Waals surface area (Å²) in [5.41, 5.74) is 1.06. The van der Waals surface area contributed by atoms with Gasteiger partial charge in [-0.25, -0.2) is 0 Å². The average Bonchev–Trinajstić information content (AvgIpc) is 2.10. The number of ether oxygens (including phenoxy) is 1. The van der Waals surface area contributed by atoms with Gasteiger partial charge in [0.2, 0.25) is 0 Å². The normalized spacial score (nSPS) is 13.1. The first-order chi connectivity index (χ1) is 6.63. The molecule has 0 aliphatic heterocycles. The van der Waals surface area contributed by atoms with Crippen LogP contribution in [0.1, 0.15) is 19.4 Å². The maximum atomic E-state index is 5.85. The van der Waals surface area contributed by atoms with Crippen molar-refractivity contribution in [1.82, 2.24) is 0 Å². The van der Waals surface area contributed by atoms with Gasteiger partial charge >= 0.3 is 0 Å². The van der Waals surface area contributed by atoms with Gasteiger partial charge in [-0.1, -0.05) is 17.7 Å². The maximum Gasteiger partial charge on any atom is 0.123 e. The van der Waals surface area contributed by atoms with Crippen molar-refractivity contribution in [2.75, 3.05) is 0 Å². The molecule has 0 radical (unpaired) electrons. The van der Waals surface area contributed by atoms with Gasteiger partial charge in [0.15, 0.2) is 0 Å². The average molecular weight is 211 g/mol. The zero-order valence-corrected chi connectivity index (χ0v) is 9.51. The lowest BCUT2D eigenvalue weighted by molar-refractivity contribution is 0.268. The summed E-state index contributed by atoms with van der Waals surface area (Å²) in [5.74, 6) is 0.889. The molecule has 0 fully saturated rings. The van der Waals surface area contributed by atoms with Crippen LogP contribution in [-0.2, 0) is 0 Å². The van der Waals surface area contributed by atoms with E-state index in [-0.39, 0.29) is 6.10 Å². The minimum Gasteiger partial charge on any atom is -0.486 e. The molecule has 1 nitrogen and oxygen atoms in total. The summed E-state index contributed by atoms with van der Waals surface area (Å²) in [6, 6.07) is 5.64. The summed E-state index contributed by atoms with van der Waals surface area (Å²) in [6.07, 6.45) is 4.09. The largest absolute Gasteiger partial charge is 0.486 e. The first kappa shape index (κ1) is 11.1. The van der Waals surface area contributed by atoms with E-state index >= 15 is 0 Å². The Hall–Kier alpha value is -0.950. The number of benzene rings is 1. The topological polar surface area (TPSA) is 9.23 Å². The molecular weight excluding hydrogens is 196 g/mol. The Morgan fingerprint density at radius 1 is 1.43 bits per heavy atom. The van der Waals surface area contributed by atoms with E-state index in [1.54, 1.807) is 0 Å². The molecule has 0 bridgehead atoms. The third kappa shape index (κ3) is 3.08. The predicted octanol–water partition coefficient (Wildman–Crippen LogP) is 3.99. The summed E-state index contributed by atoms with van der Waals surface area (Å²) in [5, 5.41) is 0.744. The minimum atomic E-state index is 0.0971. The van der Waals surface area contributed by atoms with E-state index in [0.29, 0.717) is 0 Å². The van der Waals surface area contributed by atoms with Crippen molar-refractivity contribution in [1.29, 1.82) is 0 Å². The molecular formula is C12H15ClO. The van der Waals surface area contributed by atoms with Gasteiger partial charge in [-0.05, 0) is 50.6 Å². The fourth-order valence-electron chi connectivity index (χ4n) is 1.26.